The molecule has 1 fully saturated rings. The van der Waals surface area contributed by atoms with E-state index in [1.165, 1.54) is 12.1 Å². The third kappa shape index (κ3) is 3.89. The molecule has 0 aromatic heterocycles. The molecule has 1 saturated heterocycles. The Labute approximate surface area is 130 Å². The molecule has 1 aliphatic heterocycles. The van der Waals surface area contributed by atoms with Gasteiger partial charge in [0.05, 0.1) is 13.0 Å². The first-order valence-corrected chi connectivity index (χ1v) is 6.84. The van der Waals surface area contributed by atoms with Gasteiger partial charge in [0.15, 0.2) is 0 Å². The Kier molecular flexibility index (Phi) is 5.39. The van der Waals surface area contributed by atoms with E-state index in [9.17, 15) is 25.2 Å². The summed E-state index contributed by atoms with van der Waals surface area (Å²) in [6.07, 6.45) is -7.79. The number of rotatable bonds is 5. The summed E-state index contributed by atoms with van der Waals surface area (Å²) >= 11 is 0. The first-order chi connectivity index (χ1) is 10.8. The highest BCUT2D eigenvalue weighted by molar-refractivity contribution is 5.71. The third-order valence-corrected chi connectivity index (χ3v) is 3.48. The molecule has 9 nitrogen and oxygen atoms in total. The monoisotopic (exact) mass is 330 g/mol. The highest BCUT2D eigenvalue weighted by Crippen LogP contribution is 2.29. The van der Waals surface area contributed by atoms with E-state index in [1.54, 1.807) is 0 Å². The Bertz CT molecular complexity index is 559. The number of ether oxygens (including phenoxy) is 2. The second kappa shape index (κ2) is 7.11. The Morgan fingerprint density at radius 2 is 1.87 bits per heavy atom. The first-order valence-electron chi connectivity index (χ1n) is 6.84. The Morgan fingerprint density at radius 3 is 2.48 bits per heavy atom. The summed E-state index contributed by atoms with van der Waals surface area (Å²) in [5.74, 6) is -1.38. The number of aliphatic hydroxyl groups excluding tert-OH is 4. The van der Waals surface area contributed by atoms with Gasteiger partial charge in [-0.25, -0.2) is 0 Å². The van der Waals surface area contributed by atoms with Crippen molar-refractivity contribution in [3.05, 3.63) is 23.8 Å². The van der Waals surface area contributed by atoms with Crippen LogP contribution in [-0.4, -0.2) is 73.9 Å². The fourth-order valence-electron chi connectivity index (χ4n) is 2.25. The molecule has 1 aromatic carbocycles. The molecule has 2 rings (SSSR count). The standard InChI is InChI=1S/C14H18O9/c15-5-9-11(19)12(20)13(21)14(23-9)22-8-4-7(16)2-1-6(8)3-10(17)18/h1-2,4,9,11-16,19-21H,3,5H2,(H,17,18)/t9-,11-,12+,13-,14?/m1/s1. The lowest BCUT2D eigenvalue weighted by molar-refractivity contribution is -0.277. The van der Waals surface area contributed by atoms with Crippen LogP contribution < -0.4 is 4.74 Å². The molecule has 1 unspecified atom stereocenters. The molecule has 0 spiro atoms. The van der Waals surface area contributed by atoms with Crippen LogP contribution in [0.1, 0.15) is 5.56 Å². The molecule has 5 atom stereocenters. The van der Waals surface area contributed by atoms with Crippen LogP contribution in [0.15, 0.2) is 18.2 Å². The van der Waals surface area contributed by atoms with Crippen LogP contribution in [0.25, 0.3) is 0 Å². The van der Waals surface area contributed by atoms with Gasteiger partial charge in [-0.05, 0) is 6.07 Å². The van der Waals surface area contributed by atoms with Gasteiger partial charge in [0.25, 0.3) is 0 Å². The van der Waals surface area contributed by atoms with Gasteiger partial charge >= 0.3 is 5.97 Å². The number of phenolic OH excluding ortho intramolecular Hbond substituents is 1. The van der Waals surface area contributed by atoms with Gasteiger partial charge in [0, 0.05) is 11.6 Å². The molecule has 23 heavy (non-hydrogen) atoms. The van der Waals surface area contributed by atoms with Crippen molar-refractivity contribution in [3.8, 4) is 11.5 Å². The van der Waals surface area contributed by atoms with E-state index in [4.69, 9.17) is 19.7 Å². The number of carboxylic acid groups (broad SMARTS) is 1. The van der Waals surface area contributed by atoms with Gasteiger partial charge < -0.3 is 40.1 Å². The van der Waals surface area contributed by atoms with Crippen molar-refractivity contribution in [2.24, 2.45) is 0 Å². The minimum absolute atomic E-state index is 0.0586. The molecular formula is C14H18O9. The maximum Gasteiger partial charge on any atom is 0.307 e. The van der Waals surface area contributed by atoms with Crippen molar-refractivity contribution >= 4 is 5.97 Å². The molecule has 1 aliphatic rings. The number of carboxylic acids is 1. The van der Waals surface area contributed by atoms with E-state index in [2.05, 4.69) is 0 Å². The van der Waals surface area contributed by atoms with Crippen LogP contribution in [0.2, 0.25) is 0 Å². The number of aliphatic carboxylic acids is 1. The van der Waals surface area contributed by atoms with E-state index in [1.807, 2.05) is 0 Å². The van der Waals surface area contributed by atoms with Crippen molar-refractivity contribution in [1.29, 1.82) is 0 Å². The summed E-state index contributed by atoms with van der Waals surface area (Å²) in [7, 11) is 0. The molecule has 0 aliphatic carbocycles. The van der Waals surface area contributed by atoms with Gasteiger partial charge in [-0.1, -0.05) is 6.07 Å². The van der Waals surface area contributed by atoms with E-state index in [0.717, 1.165) is 6.07 Å². The number of aromatic hydroxyl groups is 1. The van der Waals surface area contributed by atoms with Crippen LogP contribution in [-0.2, 0) is 16.0 Å². The lowest BCUT2D eigenvalue weighted by Gasteiger charge is -2.39. The van der Waals surface area contributed by atoms with Crippen molar-refractivity contribution in [3.63, 3.8) is 0 Å². The lowest BCUT2D eigenvalue weighted by atomic mass is 9.99. The van der Waals surface area contributed by atoms with Crippen LogP contribution in [0.3, 0.4) is 0 Å². The summed E-state index contributed by atoms with van der Waals surface area (Å²) in [6, 6.07) is 3.75. The molecule has 0 bridgehead atoms. The van der Waals surface area contributed by atoms with E-state index < -0.39 is 49.7 Å². The Balaban J connectivity index is 2.23. The molecule has 0 saturated carbocycles. The second-order valence-electron chi connectivity index (χ2n) is 5.18. The Hall–Kier alpha value is -1.91. The fourth-order valence-corrected chi connectivity index (χ4v) is 2.25. The quantitative estimate of drug-likeness (QED) is 0.366. The summed E-state index contributed by atoms with van der Waals surface area (Å²) in [6.45, 7) is -0.618. The summed E-state index contributed by atoms with van der Waals surface area (Å²) in [4.78, 5) is 10.9. The highest BCUT2D eigenvalue weighted by atomic mass is 16.7. The van der Waals surface area contributed by atoms with Crippen LogP contribution in [0.4, 0.5) is 0 Å². The molecule has 9 heteroatoms. The van der Waals surface area contributed by atoms with Crippen molar-refractivity contribution in [2.75, 3.05) is 6.61 Å². The zero-order valence-corrected chi connectivity index (χ0v) is 11.9. The average molecular weight is 330 g/mol. The van der Waals surface area contributed by atoms with Crippen LogP contribution in [0.5, 0.6) is 11.5 Å². The van der Waals surface area contributed by atoms with E-state index in [0.29, 0.717) is 0 Å². The zero-order valence-electron chi connectivity index (χ0n) is 11.9. The average Bonchev–Trinajstić information content (AvgIpc) is 2.50. The van der Waals surface area contributed by atoms with Gasteiger partial charge in [0.2, 0.25) is 6.29 Å². The summed E-state index contributed by atoms with van der Waals surface area (Å²) in [5.41, 5.74) is 0.215. The maximum atomic E-state index is 10.9. The second-order valence-corrected chi connectivity index (χ2v) is 5.18. The van der Waals surface area contributed by atoms with Gasteiger partial charge in [-0.3, -0.25) is 4.79 Å². The first kappa shape index (κ1) is 17.4. The number of hydrogen-bond acceptors (Lipinski definition) is 8. The number of aliphatic hydroxyl groups is 4. The van der Waals surface area contributed by atoms with E-state index >= 15 is 0 Å². The lowest BCUT2D eigenvalue weighted by Crippen LogP contribution is -2.60. The van der Waals surface area contributed by atoms with Gasteiger partial charge in [-0.15, -0.1) is 0 Å². The maximum absolute atomic E-state index is 10.9. The topological polar surface area (TPSA) is 157 Å². The SMILES string of the molecule is O=C(O)Cc1ccc(O)cc1OC1O[C@H](CO)[C@@H](O)[C@H](O)[C@H]1O. The van der Waals surface area contributed by atoms with Gasteiger partial charge in [-0.2, -0.15) is 0 Å². The minimum Gasteiger partial charge on any atom is -0.508 e. The predicted molar refractivity (Wildman–Crippen MR) is 73.8 cm³/mol. The van der Waals surface area contributed by atoms with E-state index in [-0.39, 0.29) is 17.1 Å². The normalized spacial score (nSPS) is 30.9. The number of phenols is 1. The summed E-state index contributed by atoms with van der Waals surface area (Å²) < 4.78 is 10.5. The number of hydrogen-bond donors (Lipinski definition) is 6. The molecule has 0 amide bonds. The van der Waals surface area contributed by atoms with Crippen molar-refractivity contribution < 1.29 is 44.9 Å². The zero-order chi connectivity index (χ0) is 17.1. The molecule has 1 heterocycles. The van der Waals surface area contributed by atoms with Crippen LogP contribution in [0, 0.1) is 0 Å². The number of carbonyl (C=O) groups is 1. The highest BCUT2D eigenvalue weighted by Gasteiger charge is 2.44. The third-order valence-electron chi connectivity index (χ3n) is 3.48. The molecule has 128 valence electrons. The predicted octanol–water partition coefficient (Wildman–Crippen LogP) is -1.80. The smallest absolute Gasteiger partial charge is 0.307 e. The van der Waals surface area contributed by atoms with Crippen LogP contribution >= 0.6 is 0 Å². The number of benzene rings is 1. The summed E-state index contributed by atoms with van der Waals surface area (Å²) in [5, 5.41) is 56.8. The molecular weight excluding hydrogens is 312 g/mol. The van der Waals surface area contributed by atoms with Crippen molar-refractivity contribution in [2.45, 2.75) is 37.1 Å². The molecule has 1 aromatic rings. The van der Waals surface area contributed by atoms with Gasteiger partial charge in [0.1, 0.15) is 35.9 Å². The molecule has 6 N–H and O–H groups in total. The van der Waals surface area contributed by atoms with Crippen molar-refractivity contribution in [1.82, 2.24) is 0 Å². The Morgan fingerprint density at radius 1 is 1.17 bits per heavy atom. The minimum atomic E-state index is -1.63. The fraction of sp³-hybridized carbons (Fsp3) is 0.500. The largest absolute Gasteiger partial charge is 0.508 e. The molecule has 0 radical (unpaired) electrons.